The van der Waals surface area contributed by atoms with Gasteiger partial charge in [0.2, 0.25) is 6.29 Å². The highest BCUT2D eigenvalue weighted by Crippen LogP contribution is 2.32. The van der Waals surface area contributed by atoms with E-state index in [-0.39, 0.29) is 18.4 Å². The van der Waals surface area contributed by atoms with Crippen LogP contribution in [-0.2, 0) is 20.6 Å². The van der Waals surface area contributed by atoms with Crippen LogP contribution in [0.2, 0.25) is 0 Å². The summed E-state index contributed by atoms with van der Waals surface area (Å²) < 4.78 is 20.5. The largest absolute Gasteiger partial charge is 0.511 e. The lowest BCUT2D eigenvalue weighted by atomic mass is 10.1. The van der Waals surface area contributed by atoms with Crippen LogP contribution in [0.25, 0.3) is 0 Å². The normalized spacial score (nSPS) is 14.7. The molecule has 0 aromatic heterocycles. The number of hydrogen-bond donors (Lipinski definition) is 2. The maximum atomic E-state index is 11.7. The first kappa shape index (κ1) is 20.5. The van der Waals surface area contributed by atoms with Gasteiger partial charge in [0.25, 0.3) is 0 Å². The zero-order chi connectivity index (χ0) is 19.1. The van der Waals surface area contributed by atoms with E-state index in [1.165, 1.54) is 14.0 Å². The van der Waals surface area contributed by atoms with Gasteiger partial charge in [0.05, 0.1) is 11.6 Å². The van der Waals surface area contributed by atoms with E-state index in [4.69, 9.17) is 18.9 Å². The van der Waals surface area contributed by atoms with E-state index in [1.807, 2.05) is 0 Å². The number of phenols is 1. The van der Waals surface area contributed by atoms with Gasteiger partial charge in [0.15, 0.2) is 0 Å². The zero-order valence-corrected chi connectivity index (χ0v) is 16.7. The van der Waals surface area contributed by atoms with Crippen molar-refractivity contribution in [1.82, 2.24) is 5.32 Å². The summed E-state index contributed by atoms with van der Waals surface area (Å²) in [5, 5.41) is 12.3. The third-order valence-electron chi connectivity index (χ3n) is 3.42. The van der Waals surface area contributed by atoms with Crippen LogP contribution in [0.3, 0.4) is 0 Å². The summed E-state index contributed by atoms with van der Waals surface area (Å²) in [6, 6.07) is 3.20. The molecule has 1 aromatic rings. The third kappa shape index (κ3) is 6.17. The van der Waals surface area contributed by atoms with Crippen LogP contribution in [-0.4, -0.2) is 54.9 Å². The fraction of sp³-hybridized carbons (Fsp3) is 0.500. The van der Waals surface area contributed by atoms with Crippen LogP contribution in [0.4, 0.5) is 9.59 Å². The zero-order valence-electron chi connectivity index (χ0n) is 14.3. The van der Waals surface area contributed by atoms with Gasteiger partial charge in [-0.3, -0.25) is 0 Å². The van der Waals surface area contributed by atoms with Gasteiger partial charge >= 0.3 is 12.2 Å². The van der Waals surface area contributed by atoms with Gasteiger partial charge in [-0.1, -0.05) is 0 Å². The van der Waals surface area contributed by atoms with Crippen LogP contribution >= 0.6 is 27.7 Å². The van der Waals surface area contributed by atoms with E-state index < -0.39 is 18.5 Å². The van der Waals surface area contributed by atoms with Gasteiger partial charge in [-0.2, -0.15) is 11.8 Å². The Morgan fingerprint density at radius 1 is 1.38 bits per heavy atom. The van der Waals surface area contributed by atoms with E-state index in [0.29, 0.717) is 16.6 Å². The van der Waals surface area contributed by atoms with Gasteiger partial charge < -0.3 is 29.4 Å². The van der Waals surface area contributed by atoms with E-state index >= 15 is 0 Å². The number of carbonyl (C=O) groups is 2. The molecule has 1 aliphatic heterocycles. The average Bonchev–Trinajstić information content (AvgIpc) is 2.53. The summed E-state index contributed by atoms with van der Waals surface area (Å²) in [7, 11) is 1.52. The molecule has 0 spiro atoms. The molecule has 0 saturated carbocycles. The molecule has 1 aliphatic rings. The Morgan fingerprint density at radius 3 is 2.73 bits per heavy atom. The van der Waals surface area contributed by atoms with Crippen molar-refractivity contribution in [3.05, 3.63) is 22.2 Å². The number of aromatic hydroxyl groups is 1. The number of amides is 1. The van der Waals surface area contributed by atoms with Crippen molar-refractivity contribution in [2.45, 2.75) is 25.7 Å². The molecule has 0 radical (unpaired) electrons. The molecule has 0 aliphatic carbocycles. The predicted octanol–water partition coefficient (Wildman–Crippen LogP) is 3.05. The number of benzene rings is 1. The molecule has 8 nitrogen and oxygen atoms in total. The first-order chi connectivity index (χ1) is 12.4. The summed E-state index contributed by atoms with van der Waals surface area (Å²) >= 11 is 4.88. The van der Waals surface area contributed by atoms with Crippen LogP contribution in [0.15, 0.2) is 16.6 Å². The average molecular weight is 450 g/mol. The summed E-state index contributed by atoms with van der Waals surface area (Å²) in [4.78, 5) is 23.2. The Labute approximate surface area is 163 Å². The number of thioether (sulfide) groups is 1. The van der Waals surface area contributed by atoms with Gasteiger partial charge in [0, 0.05) is 25.0 Å². The molecule has 1 unspecified atom stereocenters. The van der Waals surface area contributed by atoms with E-state index in [2.05, 4.69) is 21.2 Å². The number of phenolic OH excluding ortho intramolecular Hbond substituents is 1. The Kier molecular flexibility index (Phi) is 7.70. The summed E-state index contributed by atoms with van der Waals surface area (Å²) in [5.41, 5.74) is 0.722. The van der Waals surface area contributed by atoms with Crippen LogP contribution in [0.5, 0.6) is 11.5 Å². The van der Waals surface area contributed by atoms with Crippen molar-refractivity contribution in [3.63, 3.8) is 0 Å². The lowest BCUT2D eigenvalue weighted by molar-refractivity contribution is -0.0801. The monoisotopic (exact) mass is 449 g/mol. The maximum absolute atomic E-state index is 11.7. The second-order valence-electron chi connectivity index (χ2n) is 5.41. The SMILES string of the molecule is COc1cc(Br)c(O)cc1CCNC(=O)OC(C)OC(=O)OC1CSC1. The minimum absolute atomic E-state index is 0.0776. The molecule has 144 valence electrons. The van der Waals surface area contributed by atoms with Crippen molar-refractivity contribution in [3.8, 4) is 11.5 Å². The first-order valence-electron chi connectivity index (χ1n) is 7.84. The fourth-order valence-electron chi connectivity index (χ4n) is 2.07. The van der Waals surface area contributed by atoms with Crippen molar-refractivity contribution >= 4 is 39.9 Å². The standard InChI is InChI=1S/C16H20BrNO7S/c1-9(24-16(21)25-11-7-26-8-11)23-15(20)18-4-3-10-5-13(19)12(17)6-14(10)22-2/h5-6,9,11,19H,3-4,7-8H2,1-2H3,(H,18,20). The molecule has 1 heterocycles. The molecular formula is C16H20BrNO7S. The molecule has 2 rings (SSSR count). The number of rotatable bonds is 7. The van der Waals surface area contributed by atoms with Gasteiger partial charge in [-0.25, -0.2) is 9.59 Å². The third-order valence-corrected chi connectivity index (χ3v) is 5.27. The molecule has 1 amide bonds. The van der Waals surface area contributed by atoms with Crippen molar-refractivity contribution in [2.24, 2.45) is 0 Å². The molecule has 2 N–H and O–H groups in total. The fourth-order valence-corrected chi connectivity index (χ4v) is 2.96. The van der Waals surface area contributed by atoms with Crippen LogP contribution < -0.4 is 10.1 Å². The Bertz CT molecular complexity index is 654. The van der Waals surface area contributed by atoms with E-state index in [0.717, 1.165) is 17.1 Å². The number of carbonyl (C=O) groups excluding carboxylic acids is 2. The Balaban J connectivity index is 1.71. The van der Waals surface area contributed by atoms with Crippen molar-refractivity contribution < 1.29 is 33.6 Å². The number of methoxy groups -OCH3 is 1. The number of nitrogens with one attached hydrogen (secondary N) is 1. The minimum Gasteiger partial charge on any atom is -0.507 e. The quantitative estimate of drug-likeness (QED) is 0.483. The topological polar surface area (TPSA) is 103 Å². The second kappa shape index (κ2) is 9.77. The summed E-state index contributed by atoms with van der Waals surface area (Å²) in [6.07, 6.45) is -2.38. The van der Waals surface area contributed by atoms with E-state index in [9.17, 15) is 14.7 Å². The highest BCUT2D eigenvalue weighted by molar-refractivity contribution is 9.10. The highest BCUT2D eigenvalue weighted by Gasteiger charge is 2.24. The molecule has 1 aromatic carbocycles. The maximum Gasteiger partial charge on any atom is 0.511 e. The lowest BCUT2D eigenvalue weighted by Crippen LogP contribution is -2.34. The first-order valence-corrected chi connectivity index (χ1v) is 9.78. The smallest absolute Gasteiger partial charge is 0.507 e. The number of ether oxygens (including phenoxy) is 4. The number of halogens is 1. The summed E-state index contributed by atoms with van der Waals surface area (Å²) in [5.74, 6) is 2.16. The summed E-state index contributed by atoms with van der Waals surface area (Å²) in [6.45, 7) is 1.67. The van der Waals surface area contributed by atoms with Crippen molar-refractivity contribution in [1.29, 1.82) is 0 Å². The number of alkyl carbamates (subject to hydrolysis) is 1. The second-order valence-corrected chi connectivity index (χ2v) is 7.34. The Hall–Kier alpha value is -1.81. The molecular weight excluding hydrogens is 430 g/mol. The predicted molar refractivity (Wildman–Crippen MR) is 98.7 cm³/mol. The molecule has 10 heteroatoms. The minimum atomic E-state index is -1.07. The molecule has 0 bridgehead atoms. The Morgan fingerprint density at radius 2 is 2.12 bits per heavy atom. The lowest BCUT2D eigenvalue weighted by Gasteiger charge is -2.24. The van der Waals surface area contributed by atoms with E-state index in [1.54, 1.807) is 23.9 Å². The molecule has 1 atom stereocenters. The highest BCUT2D eigenvalue weighted by atomic mass is 79.9. The van der Waals surface area contributed by atoms with Gasteiger partial charge in [-0.05, 0) is 40.0 Å². The van der Waals surface area contributed by atoms with Gasteiger partial charge in [0.1, 0.15) is 17.6 Å². The molecule has 1 fully saturated rings. The molecule has 1 saturated heterocycles. The molecule has 26 heavy (non-hydrogen) atoms. The van der Waals surface area contributed by atoms with Crippen LogP contribution in [0.1, 0.15) is 12.5 Å². The number of hydrogen-bond acceptors (Lipinski definition) is 8. The van der Waals surface area contributed by atoms with Gasteiger partial charge in [-0.15, -0.1) is 0 Å². The van der Waals surface area contributed by atoms with Crippen molar-refractivity contribution in [2.75, 3.05) is 25.2 Å². The van der Waals surface area contributed by atoms with Crippen LogP contribution in [0, 0.1) is 0 Å².